The Balaban J connectivity index is 1.03. The molecule has 52 heavy (non-hydrogen) atoms. The lowest BCUT2D eigenvalue weighted by molar-refractivity contribution is 0.825. The highest BCUT2D eigenvalue weighted by atomic mass is 14.7. The minimum Gasteiger partial charge on any atom is -0.256 e. The van der Waals surface area contributed by atoms with Gasteiger partial charge in [-0.1, -0.05) is 158 Å². The molecule has 1 nitrogen and oxygen atoms in total. The molecule has 7 aromatic carbocycles. The summed E-state index contributed by atoms with van der Waals surface area (Å²) in [4.78, 5) is 4.92. The predicted octanol–water partition coefficient (Wildman–Crippen LogP) is 12.8. The Morgan fingerprint density at radius 2 is 0.846 bits per heavy atom. The van der Waals surface area contributed by atoms with Crippen LogP contribution in [0.1, 0.15) is 45.2 Å². The van der Waals surface area contributed by atoms with E-state index in [9.17, 15) is 0 Å². The minimum atomic E-state index is 0.282. The van der Waals surface area contributed by atoms with Crippen molar-refractivity contribution in [3.8, 4) is 55.8 Å². The van der Waals surface area contributed by atoms with Crippen LogP contribution in [-0.4, -0.2) is 4.98 Å². The molecule has 246 valence electrons. The number of rotatable bonds is 7. The molecule has 0 amide bonds. The summed E-state index contributed by atoms with van der Waals surface area (Å²) in [6, 6.07) is 67.1. The molecule has 0 saturated heterocycles. The molecule has 0 spiro atoms. The van der Waals surface area contributed by atoms with E-state index in [1.807, 2.05) is 6.20 Å². The molecule has 0 N–H and O–H groups in total. The lowest BCUT2D eigenvalue weighted by Crippen LogP contribution is -2.02. The highest BCUT2D eigenvalue weighted by Crippen LogP contribution is 2.50. The number of nitrogens with zero attached hydrogens (tertiary/aromatic N) is 1. The molecule has 0 aliphatic heterocycles. The monoisotopic (exact) mass is 663 g/mol. The van der Waals surface area contributed by atoms with Gasteiger partial charge in [-0.3, -0.25) is 4.98 Å². The molecule has 2 atom stereocenters. The Hall–Kier alpha value is -6.31. The first-order chi connectivity index (χ1) is 25.8. The van der Waals surface area contributed by atoms with Crippen LogP contribution < -0.4 is 0 Å². The molecule has 1 aromatic heterocycles. The van der Waals surface area contributed by atoms with E-state index in [4.69, 9.17) is 4.98 Å². The van der Waals surface area contributed by atoms with Gasteiger partial charge in [-0.15, -0.1) is 0 Å². The van der Waals surface area contributed by atoms with Crippen LogP contribution in [0.3, 0.4) is 0 Å². The number of hydrogen-bond acceptors (Lipinski definition) is 1. The summed E-state index contributed by atoms with van der Waals surface area (Å²) in [5, 5.41) is 0. The van der Waals surface area contributed by atoms with Crippen LogP contribution in [0.15, 0.2) is 188 Å². The number of pyridine rings is 1. The van der Waals surface area contributed by atoms with E-state index in [0.29, 0.717) is 5.92 Å². The molecule has 8 aromatic rings. The van der Waals surface area contributed by atoms with E-state index >= 15 is 0 Å². The lowest BCUT2D eigenvalue weighted by atomic mass is 9.87. The van der Waals surface area contributed by atoms with Crippen molar-refractivity contribution in [3.63, 3.8) is 0 Å². The average Bonchev–Trinajstić information content (AvgIpc) is 3.70. The van der Waals surface area contributed by atoms with E-state index < -0.39 is 0 Å². The number of hydrogen-bond donors (Lipinski definition) is 0. The van der Waals surface area contributed by atoms with Gasteiger partial charge in [0.05, 0.1) is 5.69 Å². The molecular weight excluding hydrogens is 627 g/mol. The van der Waals surface area contributed by atoms with Gasteiger partial charge in [0.1, 0.15) is 0 Å². The zero-order valence-corrected chi connectivity index (χ0v) is 28.9. The number of aromatic nitrogens is 1. The second-order valence-corrected chi connectivity index (χ2v) is 14.3. The third-order valence-electron chi connectivity index (χ3n) is 11.2. The highest BCUT2D eigenvalue weighted by Gasteiger charge is 2.32. The normalized spacial score (nSPS) is 15.1. The van der Waals surface area contributed by atoms with Gasteiger partial charge in [0.25, 0.3) is 0 Å². The summed E-state index contributed by atoms with van der Waals surface area (Å²) >= 11 is 0. The Bertz CT molecular complexity index is 2510. The van der Waals surface area contributed by atoms with Crippen molar-refractivity contribution in [2.45, 2.75) is 24.7 Å². The zero-order chi connectivity index (χ0) is 34.4. The molecule has 1 heterocycles. The predicted molar refractivity (Wildman–Crippen MR) is 215 cm³/mol. The minimum absolute atomic E-state index is 0.282. The summed E-state index contributed by atoms with van der Waals surface area (Å²) in [6.45, 7) is 0. The van der Waals surface area contributed by atoms with Gasteiger partial charge in [0.2, 0.25) is 0 Å². The molecular formula is C51H37N. The summed E-state index contributed by atoms with van der Waals surface area (Å²) in [5.74, 6) is 0.593. The standard InChI is InChI=1S/C51H37N/c1-4-13-34(14-5-1)29-48-45-25-23-39(33-50(45)51-46(48)21-12-26-52-51)38-22-24-44-47(42-19-10-11-20-43(42)49(44)32-38)30-35-27-40(36-15-6-2-7-16-36)31-41(28-35)37-17-8-3-9-18-37/h1-28,31-33,47-48H,29-30H2. The Kier molecular flexibility index (Phi) is 7.50. The maximum absolute atomic E-state index is 4.92. The average molecular weight is 664 g/mol. The third kappa shape index (κ3) is 5.38. The van der Waals surface area contributed by atoms with Crippen molar-refractivity contribution >= 4 is 0 Å². The second-order valence-electron chi connectivity index (χ2n) is 14.3. The van der Waals surface area contributed by atoms with E-state index in [1.54, 1.807) is 0 Å². The van der Waals surface area contributed by atoms with Gasteiger partial charge < -0.3 is 0 Å². The van der Waals surface area contributed by atoms with Crippen molar-refractivity contribution in [3.05, 3.63) is 222 Å². The first-order valence-corrected chi connectivity index (χ1v) is 18.4. The smallest absolute Gasteiger partial charge is 0.0743 e. The van der Waals surface area contributed by atoms with Gasteiger partial charge in [-0.25, -0.2) is 0 Å². The number of benzene rings is 7. The van der Waals surface area contributed by atoms with E-state index in [-0.39, 0.29) is 5.92 Å². The van der Waals surface area contributed by atoms with Crippen LogP contribution in [0.4, 0.5) is 0 Å². The van der Waals surface area contributed by atoms with Gasteiger partial charge in [0, 0.05) is 23.6 Å². The fraction of sp³-hybridized carbons (Fsp3) is 0.0784. The Labute approximate surface area is 305 Å². The maximum atomic E-state index is 4.92. The fourth-order valence-corrected chi connectivity index (χ4v) is 8.75. The Morgan fingerprint density at radius 3 is 1.54 bits per heavy atom. The molecule has 0 bridgehead atoms. The molecule has 0 radical (unpaired) electrons. The zero-order valence-electron chi connectivity index (χ0n) is 28.9. The summed E-state index contributed by atoms with van der Waals surface area (Å²) in [5.41, 5.74) is 20.8. The molecule has 0 fully saturated rings. The van der Waals surface area contributed by atoms with Gasteiger partial charge >= 0.3 is 0 Å². The SMILES string of the molecule is c1ccc(CC2c3ccc(-c4ccc5c(c4)-c4ccccc4C5Cc4cc(-c5ccccc5)cc(-c5ccccc5)c4)cc3-c3ncccc32)cc1. The molecule has 2 aliphatic rings. The van der Waals surface area contributed by atoms with Crippen molar-refractivity contribution in [1.82, 2.24) is 4.98 Å². The molecule has 10 rings (SSSR count). The van der Waals surface area contributed by atoms with Crippen LogP contribution in [0, 0.1) is 0 Å². The lowest BCUT2D eigenvalue weighted by Gasteiger charge is -2.17. The molecule has 2 unspecified atom stereocenters. The van der Waals surface area contributed by atoms with Gasteiger partial charge in [-0.05, 0) is 115 Å². The van der Waals surface area contributed by atoms with Crippen LogP contribution in [0.25, 0.3) is 55.8 Å². The summed E-state index contributed by atoms with van der Waals surface area (Å²) in [7, 11) is 0. The highest BCUT2D eigenvalue weighted by molar-refractivity contribution is 5.86. The first kappa shape index (κ1) is 30.5. The van der Waals surface area contributed by atoms with Crippen LogP contribution >= 0.6 is 0 Å². The van der Waals surface area contributed by atoms with Crippen molar-refractivity contribution in [1.29, 1.82) is 0 Å². The second kappa shape index (κ2) is 12.8. The maximum Gasteiger partial charge on any atom is 0.0743 e. The van der Waals surface area contributed by atoms with E-state index in [0.717, 1.165) is 18.5 Å². The summed E-state index contributed by atoms with van der Waals surface area (Å²) in [6.07, 6.45) is 3.85. The third-order valence-corrected chi connectivity index (χ3v) is 11.2. The van der Waals surface area contributed by atoms with Crippen LogP contribution in [0.5, 0.6) is 0 Å². The topological polar surface area (TPSA) is 12.9 Å². The largest absolute Gasteiger partial charge is 0.256 e. The van der Waals surface area contributed by atoms with Crippen LogP contribution in [-0.2, 0) is 12.8 Å². The quantitative estimate of drug-likeness (QED) is 0.165. The molecule has 1 heteroatoms. The van der Waals surface area contributed by atoms with E-state index in [1.165, 1.54) is 83.5 Å². The van der Waals surface area contributed by atoms with Crippen molar-refractivity contribution in [2.24, 2.45) is 0 Å². The Morgan fingerprint density at radius 1 is 0.327 bits per heavy atom. The summed E-state index contributed by atoms with van der Waals surface area (Å²) < 4.78 is 0. The van der Waals surface area contributed by atoms with Crippen molar-refractivity contribution in [2.75, 3.05) is 0 Å². The number of fused-ring (bicyclic) bond motifs is 6. The van der Waals surface area contributed by atoms with Gasteiger partial charge in [0.15, 0.2) is 0 Å². The molecule has 0 saturated carbocycles. The van der Waals surface area contributed by atoms with Gasteiger partial charge in [-0.2, -0.15) is 0 Å². The first-order valence-electron chi connectivity index (χ1n) is 18.4. The van der Waals surface area contributed by atoms with E-state index in [2.05, 4.69) is 182 Å². The molecule has 2 aliphatic carbocycles. The van der Waals surface area contributed by atoms with Crippen molar-refractivity contribution < 1.29 is 0 Å². The fourth-order valence-electron chi connectivity index (χ4n) is 8.75. The van der Waals surface area contributed by atoms with Crippen LogP contribution in [0.2, 0.25) is 0 Å².